The molecule has 0 saturated heterocycles. The van der Waals surface area contributed by atoms with Crippen LogP contribution < -0.4 is 10.5 Å². The van der Waals surface area contributed by atoms with E-state index in [1.807, 2.05) is 44.2 Å². The molecule has 0 aliphatic carbocycles. The second kappa shape index (κ2) is 6.12. The van der Waals surface area contributed by atoms with Gasteiger partial charge in [-0.1, -0.05) is 39.7 Å². The molecule has 0 aliphatic heterocycles. The van der Waals surface area contributed by atoms with Crippen LogP contribution in [0.3, 0.4) is 0 Å². The second-order valence-electron chi connectivity index (χ2n) is 4.48. The Morgan fingerprint density at radius 2 is 1.80 bits per heavy atom. The first kappa shape index (κ1) is 15.3. The first-order valence-electron chi connectivity index (χ1n) is 5.92. The smallest absolute Gasteiger partial charge is 0.138 e. The molecule has 104 valence electrons. The minimum atomic E-state index is 0.301. The standard InChI is InChI=1S/C15H13BrClNOS/c1-8-5-11(6-9(2)14(8)17)19-13-7-10(16)3-4-12(13)15(18)20/h3-7H,1-2H3,(H2,18,20). The summed E-state index contributed by atoms with van der Waals surface area (Å²) in [6, 6.07) is 9.32. The number of thiocarbonyl (C=S) groups is 1. The van der Waals surface area contributed by atoms with Gasteiger partial charge in [-0.25, -0.2) is 0 Å². The molecule has 0 amide bonds. The van der Waals surface area contributed by atoms with E-state index in [1.54, 1.807) is 0 Å². The van der Waals surface area contributed by atoms with Gasteiger partial charge >= 0.3 is 0 Å². The highest BCUT2D eigenvalue weighted by Gasteiger charge is 2.10. The molecule has 2 aromatic carbocycles. The van der Waals surface area contributed by atoms with E-state index in [1.165, 1.54) is 0 Å². The summed E-state index contributed by atoms with van der Waals surface area (Å²) in [5, 5.41) is 0.751. The van der Waals surface area contributed by atoms with Gasteiger partial charge in [0, 0.05) is 9.50 Å². The zero-order valence-electron chi connectivity index (χ0n) is 11.0. The molecule has 0 atom stereocenters. The van der Waals surface area contributed by atoms with Gasteiger partial charge in [0.05, 0.1) is 5.56 Å². The van der Waals surface area contributed by atoms with Gasteiger partial charge in [0.2, 0.25) is 0 Å². The SMILES string of the molecule is Cc1cc(Oc2cc(Br)ccc2C(N)=S)cc(C)c1Cl. The maximum Gasteiger partial charge on any atom is 0.138 e. The Morgan fingerprint density at radius 1 is 1.20 bits per heavy atom. The van der Waals surface area contributed by atoms with Crippen LogP contribution in [-0.2, 0) is 0 Å². The number of ether oxygens (including phenoxy) is 1. The molecule has 0 aliphatic rings. The molecule has 20 heavy (non-hydrogen) atoms. The van der Waals surface area contributed by atoms with Gasteiger partial charge in [0.15, 0.2) is 0 Å². The highest BCUT2D eigenvalue weighted by Crippen LogP contribution is 2.32. The van der Waals surface area contributed by atoms with Crippen LogP contribution in [-0.4, -0.2) is 4.99 Å². The second-order valence-corrected chi connectivity index (χ2v) is 6.21. The zero-order valence-corrected chi connectivity index (χ0v) is 14.2. The Labute approximate surface area is 137 Å². The lowest BCUT2D eigenvalue weighted by Crippen LogP contribution is -2.10. The lowest BCUT2D eigenvalue weighted by molar-refractivity contribution is 0.480. The maximum absolute atomic E-state index is 6.16. The summed E-state index contributed by atoms with van der Waals surface area (Å²) in [6.45, 7) is 3.88. The number of rotatable bonds is 3. The van der Waals surface area contributed by atoms with Crippen molar-refractivity contribution >= 4 is 44.7 Å². The Kier molecular flexibility index (Phi) is 4.68. The quantitative estimate of drug-likeness (QED) is 0.759. The van der Waals surface area contributed by atoms with E-state index in [0.29, 0.717) is 22.1 Å². The van der Waals surface area contributed by atoms with Gasteiger partial charge in [-0.3, -0.25) is 0 Å². The Hall–Kier alpha value is -1.10. The summed E-state index contributed by atoms with van der Waals surface area (Å²) >= 11 is 14.6. The van der Waals surface area contributed by atoms with Crippen molar-refractivity contribution in [3.63, 3.8) is 0 Å². The van der Waals surface area contributed by atoms with Gasteiger partial charge in [-0.05, 0) is 55.3 Å². The van der Waals surface area contributed by atoms with E-state index >= 15 is 0 Å². The van der Waals surface area contributed by atoms with Crippen LogP contribution in [0.1, 0.15) is 16.7 Å². The third-order valence-corrected chi connectivity index (χ3v) is 4.16. The molecule has 0 bridgehead atoms. The van der Waals surface area contributed by atoms with Gasteiger partial charge in [-0.2, -0.15) is 0 Å². The van der Waals surface area contributed by atoms with Crippen LogP contribution >= 0.6 is 39.7 Å². The maximum atomic E-state index is 6.16. The van der Waals surface area contributed by atoms with E-state index in [-0.39, 0.29) is 0 Å². The van der Waals surface area contributed by atoms with Crippen LogP contribution in [0, 0.1) is 13.8 Å². The topological polar surface area (TPSA) is 35.2 Å². The number of nitrogens with two attached hydrogens (primary N) is 1. The summed E-state index contributed by atoms with van der Waals surface area (Å²) < 4.78 is 6.81. The van der Waals surface area contributed by atoms with Gasteiger partial charge in [-0.15, -0.1) is 0 Å². The number of aryl methyl sites for hydroxylation is 2. The molecule has 0 heterocycles. The highest BCUT2D eigenvalue weighted by atomic mass is 79.9. The molecule has 0 unspecified atom stereocenters. The molecule has 0 saturated carbocycles. The van der Waals surface area contributed by atoms with Crippen molar-refractivity contribution in [1.29, 1.82) is 0 Å². The fourth-order valence-corrected chi connectivity index (χ4v) is 2.49. The largest absolute Gasteiger partial charge is 0.457 e. The van der Waals surface area contributed by atoms with Crippen molar-refractivity contribution in [3.8, 4) is 11.5 Å². The molecule has 2 nitrogen and oxygen atoms in total. The summed E-state index contributed by atoms with van der Waals surface area (Å²) in [6.07, 6.45) is 0. The molecule has 0 aromatic heterocycles. The van der Waals surface area contributed by atoms with Crippen molar-refractivity contribution in [2.45, 2.75) is 13.8 Å². The number of hydrogen-bond acceptors (Lipinski definition) is 2. The van der Waals surface area contributed by atoms with Crippen molar-refractivity contribution in [3.05, 3.63) is 56.5 Å². The first-order chi connectivity index (χ1) is 9.38. The number of hydrogen-bond donors (Lipinski definition) is 1. The van der Waals surface area contributed by atoms with Gasteiger partial charge in [0.1, 0.15) is 16.5 Å². The normalized spacial score (nSPS) is 10.4. The fourth-order valence-electron chi connectivity index (χ4n) is 1.88. The molecule has 2 rings (SSSR count). The van der Waals surface area contributed by atoms with E-state index in [4.69, 9.17) is 34.3 Å². The number of benzene rings is 2. The van der Waals surface area contributed by atoms with Crippen LogP contribution in [0.25, 0.3) is 0 Å². The molecular weight excluding hydrogens is 358 g/mol. The monoisotopic (exact) mass is 369 g/mol. The Morgan fingerprint density at radius 3 is 2.35 bits per heavy atom. The predicted octanol–water partition coefficient (Wildman–Crippen LogP) is 5.15. The van der Waals surface area contributed by atoms with Crippen molar-refractivity contribution in [1.82, 2.24) is 0 Å². The van der Waals surface area contributed by atoms with E-state index in [9.17, 15) is 0 Å². The average Bonchev–Trinajstić information content (AvgIpc) is 2.35. The summed E-state index contributed by atoms with van der Waals surface area (Å²) in [4.78, 5) is 0.301. The Bertz CT molecular complexity index is 665. The first-order valence-corrected chi connectivity index (χ1v) is 7.50. The minimum absolute atomic E-state index is 0.301. The summed E-state index contributed by atoms with van der Waals surface area (Å²) in [5.41, 5.74) is 8.35. The lowest BCUT2D eigenvalue weighted by Gasteiger charge is -2.13. The van der Waals surface area contributed by atoms with Crippen molar-refractivity contribution in [2.75, 3.05) is 0 Å². The number of halogens is 2. The fraction of sp³-hybridized carbons (Fsp3) is 0.133. The molecule has 0 fully saturated rings. The van der Waals surface area contributed by atoms with Crippen LogP contribution in [0.5, 0.6) is 11.5 Å². The average molecular weight is 371 g/mol. The van der Waals surface area contributed by atoms with Gasteiger partial charge < -0.3 is 10.5 Å². The molecule has 2 N–H and O–H groups in total. The molecule has 2 aromatic rings. The zero-order chi connectivity index (χ0) is 14.9. The summed E-state index contributed by atoms with van der Waals surface area (Å²) in [5.74, 6) is 1.33. The van der Waals surface area contributed by atoms with E-state index in [2.05, 4.69) is 15.9 Å². The molecule has 0 radical (unpaired) electrons. The van der Waals surface area contributed by atoms with Crippen molar-refractivity contribution < 1.29 is 4.74 Å². The minimum Gasteiger partial charge on any atom is -0.457 e. The molecular formula is C15H13BrClNOS. The van der Waals surface area contributed by atoms with Gasteiger partial charge in [0.25, 0.3) is 0 Å². The summed E-state index contributed by atoms with van der Waals surface area (Å²) in [7, 11) is 0. The highest BCUT2D eigenvalue weighted by molar-refractivity contribution is 9.10. The van der Waals surface area contributed by atoms with Crippen LogP contribution in [0.15, 0.2) is 34.8 Å². The molecule has 0 spiro atoms. The van der Waals surface area contributed by atoms with Crippen LogP contribution in [0.4, 0.5) is 0 Å². The van der Waals surface area contributed by atoms with Crippen LogP contribution in [0.2, 0.25) is 5.02 Å². The van der Waals surface area contributed by atoms with E-state index in [0.717, 1.165) is 20.6 Å². The van der Waals surface area contributed by atoms with E-state index < -0.39 is 0 Å². The lowest BCUT2D eigenvalue weighted by atomic mass is 10.1. The molecule has 5 heteroatoms. The Balaban J connectivity index is 2.44. The third kappa shape index (κ3) is 3.32. The third-order valence-electron chi connectivity index (χ3n) is 2.85. The predicted molar refractivity (Wildman–Crippen MR) is 91.0 cm³/mol. The van der Waals surface area contributed by atoms with Crippen molar-refractivity contribution in [2.24, 2.45) is 5.73 Å².